The molecule has 0 aromatic heterocycles. The number of primary amides is 1. The van der Waals surface area contributed by atoms with Crippen molar-refractivity contribution in [3.63, 3.8) is 0 Å². The fourth-order valence-corrected chi connectivity index (χ4v) is 4.70. The van der Waals surface area contributed by atoms with Crippen LogP contribution in [-0.2, 0) is 49.7 Å². The zero-order valence-corrected chi connectivity index (χ0v) is 28.7. The molecule has 1 aliphatic heterocycles. The van der Waals surface area contributed by atoms with Crippen LogP contribution in [0.3, 0.4) is 0 Å². The number of urea groups is 1. The molecule has 1 aliphatic rings. The Balaban J connectivity index is 2.16. The van der Waals surface area contributed by atoms with Gasteiger partial charge in [-0.2, -0.15) is 0 Å². The number of nitrogens with zero attached hydrogens (tertiary/aromatic N) is 1. The minimum absolute atomic E-state index is 0.0438. The standard InChI is InChI=1S/C33H45N7O11/c1-4-6-28(46)51-18-20-8-10-21(11-9-20)36-30(47)22(7-5-16-35-33(34)50)38-32(49)29(19(2)3)39-31(48)23(12-15-27(44)45)37-24(41)17-40-25(42)13-14-26(40)43/h8-11,13-14,19,22-23,29H,4-7,12,15-18H2,1-3H3,(H,36,47)(H,37,41)(H,38,49)(H,39,48)(H,44,45)(H3,34,35,50)/t22-,23-,29-/m0/s1. The summed E-state index contributed by atoms with van der Waals surface area (Å²) in [5, 5.41) is 21.7. The number of amides is 8. The largest absolute Gasteiger partial charge is 0.481 e. The predicted molar refractivity (Wildman–Crippen MR) is 180 cm³/mol. The summed E-state index contributed by atoms with van der Waals surface area (Å²) in [5.41, 5.74) is 6.18. The maximum absolute atomic E-state index is 13.6. The van der Waals surface area contributed by atoms with E-state index in [9.17, 15) is 48.3 Å². The van der Waals surface area contributed by atoms with E-state index in [0.717, 1.165) is 12.2 Å². The Bertz CT molecular complexity index is 1480. The van der Waals surface area contributed by atoms with Gasteiger partial charge in [-0.15, -0.1) is 0 Å². The summed E-state index contributed by atoms with van der Waals surface area (Å²) < 4.78 is 5.19. The third-order valence-electron chi connectivity index (χ3n) is 7.42. The van der Waals surface area contributed by atoms with Gasteiger partial charge in [0, 0.05) is 37.2 Å². The van der Waals surface area contributed by atoms with Crippen LogP contribution in [0.5, 0.6) is 0 Å². The van der Waals surface area contributed by atoms with Crippen molar-refractivity contribution in [2.24, 2.45) is 11.7 Å². The highest BCUT2D eigenvalue weighted by Gasteiger charge is 2.33. The number of rotatable bonds is 21. The van der Waals surface area contributed by atoms with E-state index in [1.54, 1.807) is 38.1 Å². The molecule has 0 unspecified atom stereocenters. The lowest BCUT2D eigenvalue weighted by Crippen LogP contribution is -2.58. The normalized spacial score (nSPS) is 13.9. The SMILES string of the molecule is CCCC(=O)OCc1ccc(NC(=O)[C@H](CCCNC(N)=O)NC(=O)[C@@H](NC(=O)[C@H](CCC(=O)O)NC(=O)CN2C(=O)C=CC2=O)C(C)C)cc1. The van der Waals surface area contributed by atoms with Crippen LogP contribution in [-0.4, -0.2) is 94.6 Å². The average molecular weight is 716 g/mol. The number of esters is 1. The second-order valence-electron chi connectivity index (χ2n) is 12.0. The number of carbonyl (C=O) groups is 9. The Labute approximate surface area is 294 Å². The van der Waals surface area contributed by atoms with Crippen molar-refractivity contribution in [3.8, 4) is 0 Å². The molecule has 0 bridgehead atoms. The molecule has 8 amide bonds. The Morgan fingerprint density at radius 2 is 1.47 bits per heavy atom. The summed E-state index contributed by atoms with van der Waals surface area (Å²) in [6.45, 7) is 4.51. The monoisotopic (exact) mass is 715 g/mol. The molecule has 1 heterocycles. The van der Waals surface area contributed by atoms with Gasteiger partial charge < -0.3 is 42.2 Å². The summed E-state index contributed by atoms with van der Waals surface area (Å²) in [7, 11) is 0. The predicted octanol–water partition coefficient (Wildman–Crippen LogP) is -0.183. The summed E-state index contributed by atoms with van der Waals surface area (Å²) in [5.74, 6) is -6.84. The Morgan fingerprint density at radius 1 is 0.843 bits per heavy atom. The summed E-state index contributed by atoms with van der Waals surface area (Å²) in [6.07, 6.45) is 2.26. The molecule has 278 valence electrons. The van der Waals surface area contributed by atoms with Crippen molar-refractivity contribution in [2.45, 2.75) is 84.0 Å². The first kappa shape index (κ1) is 41.4. The topological polar surface area (TPSA) is 272 Å². The number of aliphatic carboxylic acids is 1. The zero-order valence-electron chi connectivity index (χ0n) is 28.7. The van der Waals surface area contributed by atoms with Crippen molar-refractivity contribution < 1.29 is 53.0 Å². The molecule has 8 N–H and O–H groups in total. The first-order valence-corrected chi connectivity index (χ1v) is 16.3. The lowest BCUT2D eigenvalue weighted by molar-refractivity contribution is -0.145. The molecule has 18 nitrogen and oxygen atoms in total. The van der Waals surface area contributed by atoms with Crippen LogP contribution in [0, 0.1) is 5.92 Å². The summed E-state index contributed by atoms with van der Waals surface area (Å²) in [4.78, 5) is 111. The molecule has 1 aromatic rings. The molecule has 0 saturated heterocycles. The maximum Gasteiger partial charge on any atom is 0.312 e. The van der Waals surface area contributed by atoms with E-state index < -0.39 is 84.5 Å². The van der Waals surface area contributed by atoms with Gasteiger partial charge in [0.2, 0.25) is 23.6 Å². The molecule has 51 heavy (non-hydrogen) atoms. The van der Waals surface area contributed by atoms with E-state index in [4.69, 9.17) is 10.5 Å². The Hall–Kier alpha value is -5.81. The molecule has 0 spiro atoms. The lowest BCUT2D eigenvalue weighted by atomic mass is 10.0. The van der Waals surface area contributed by atoms with E-state index in [1.165, 1.54) is 0 Å². The number of nitrogens with one attached hydrogen (secondary N) is 5. The number of nitrogens with two attached hydrogens (primary N) is 1. The number of carboxylic acid groups (broad SMARTS) is 1. The first-order valence-electron chi connectivity index (χ1n) is 16.3. The van der Waals surface area contributed by atoms with Crippen LogP contribution in [0.15, 0.2) is 36.4 Å². The van der Waals surface area contributed by atoms with Crippen molar-refractivity contribution in [2.75, 3.05) is 18.4 Å². The highest BCUT2D eigenvalue weighted by Crippen LogP contribution is 2.13. The van der Waals surface area contributed by atoms with Crippen LogP contribution in [0.25, 0.3) is 0 Å². The Kier molecular flexibility index (Phi) is 16.7. The second-order valence-corrected chi connectivity index (χ2v) is 12.0. The van der Waals surface area contributed by atoms with E-state index in [-0.39, 0.29) is 38.4 Å². The number of imide groups is 1. The number of hydrogen-bond acceptors (Lipinski definition) is 10. The highest BCUT2D eigenvalue weighted by atomic mass is 16.5. The molecule has 0 saturated carbocycles. The van der Waals surface area contributed by atoms with Crippen molar-refractivity contribution in [3.05, 3.63) is 42.0 Å². The van der Waals surface area contributed by atoms with Gasteiger partial charge in [-0.1, -0.05) is 32.9 Å². The molecular formula is C33H45N7O11. The molecule has 0 aliphatic carbocycles. The molecule has 18 heteroatoms. The minimum atomic E-state index is -1.46. The van der Waals surface area contributed by atoms with E-state index >= 15 is 0 Å². The first-order chi connectivity index (χ1) is 24.1. The zero-order chi connectivity index (χ0) is 38.1. The van der Waals surface area contributed by atoms with Gasteiger partial charge in [-0.05, 0) is 49.3 Å². The quantitative estimate of drug-likeness (QED) is 0.0498. The van der Waals surface area contributed by atoms with E-state index in [1.807, 2.05) is 6.92 Å². The fraction of sp³-hybridized carbons (Fsp3) is 0.485. The average Bonchev–Trinajstić information content (AvgIpc) is 3.38. The third kappa shape index (κ3) is 14.7. The molecule has 0 radical (unpaired) electrons. The van der Waals surface area contributed by atoms with Crippen molar-refractivity contribution >= 4 is 59.1 Å². The summed E-state index contributed by atoms with van der Waals surface area (Å²) in [6, 6.07) is 1.82. The molecule has 0 fully saturated rings. The number of benzene rings is 1. The van der Waals surface area contributed by atoms with Gasteiger partial charge in [-0.25, -0.2) is 4.79 Å². The highest BCUT2D eigenvalue weighted by molar-refractivity contribution is 6.14. The van der Waals surface area contributed by atoms with Crippen LogP contribution in [0.4, 0.5) is 10.5 Å². The number of carboxylic acids is 1. The van der Waals surface area contributed by atoms with Crippen LogP contribution < -0.4 is 32.3 Å². The maximum atomic E-state index is 13.6. The molecule has 2 rings (SSSR count). The van der Waals surface area contributed by atoms with Crippen molar-refractivity contribution in [1.82, 2.24) is 26.2 Å². The lowest BCUT2D eigenvalue weighted by Gasteiger charge is -2.27. The smallest absolute Gasteiger partial charge is 0.312 e. The number of anilines is 1. The van der Waals surface area contributed by atoms with Gasteiger partial charge in [0.1, 0.15) is 31.3 Å². The molecule has 3 atom stereocenters. The summed E-state index contributed by atoms with van der Waals surface area (Å²) >= 11 is 0. The second kappa shape index (κ2) is 20.6. The fourth-order valence-electron chi connectivity index (χ4n) is 4.70. The van der Waals surface area contributed by atoms with Gasteiger partial charge in [0.05, 0.1) is 0 Å². The van der Waals surface area contributed by atoms with E-state index in [0.29, 0.717) is 29.0 Å². The van der Waals surface area contributed by atoms with Gasteiger partial charge in [0.15, 0.2) is 0 Å². The third-order valence-corrected chi connectivity index (χ3v) is 7.42. The van der Waals surface area contributed by atoms with Gasteiger partial charge >= 0.3 is 18.0 Å². The number of carbonyl (C=O) groups excluding carboxylic acids is 8. The Morgan fingerprint density at radius 3 is 2.04 bits per heavy atom. The molecular weight excluding hydrogens is 670 g/mol. The van der Waals surface area contributed by atoms with Gasteiger partial charge in [-0.3, -0.25) is 43.3 Å². The van der Waals surface area contributed by atoms with Crippen LogP contribution in [0.2, 0.25) is 0 Å². The minimum Gasteiger partial charge on any atom is -0.481 e. The van der Waals surface area contributed by atoms with E-state index in [2.05, 4.69) is 26.6 Å². The number of hydrogen-bond donors (Lipinski definition) is 7. The number of ether oxygens (including phenoxy) is 1. The van der Waals surface area contributed by atoms with Crippen LogP contribution >= 0.6 is 0 Å². The van der Waals surface area contributed by atoms with Crippen molar-refractivity contribution in [1.29, 1.82) is 0 Å². The van der Waals surface area contributed by atoms with Gasteiger partial charge in [0.25, 0.3) is 11.8 Å². The van der Waals surface area contributed by atoms with Crippen LogP contribution in [0.1, 0.15) is 64.9 Å². The molecule has 1 aromatic carbocycles.